The Morgan fingerprint density at radius 1 is 1.28 bits per heavy atom. The van der Waals surface area contributed by atoms with Crippen LogP contribution in [0, 0.1) is 11.7 Å². The minimum atomic E-state index is -0.476. The van der Waals surface area contributed by atoms with E-state index in [-0.39, 0.29) is 23.3 Å². The second-order valence-corrected chi connectivity index (χ2v) is 6.67. The van der Waals surface area contributed by atoms with Crippen molar-refractivity contribution in [1.82, 2.24) is 20.1 Å². The number of nitrogens with zero attached hydrogens (tertiary/aromatic N) is 3. The van der Waals surface area contributed by atoms with Crippen LogP contribution in [0.2, 0.25) is 0 Å². The van der Waals surface area contributed by atoms with Gasteiger partial charge >= 0.3 is 0 Å². The van der Waals surface area contributed by atoms with Crippen LogP contribution >= 0.6 is 0 Å². The van der Waals surface area contributed by atoms with E-state index in [1.165, 1.54) is 10.7 Å². The number of aliphatic hydroxyl groups excluding tert-OH is 1. The van der Waals surface area contributed by atoms with E-state index in [0.29, 0.717) is 18.8 Å². The van der Waals surface area contributed by atoms with Gasteiger partial charge in [-0.2, -0.15) is 0 Å². The van der Waals surface area contributed by atoms with Gasteiger partial charge in [-0.3, -0.25) is 4.79 Å². The lowest BCUT2D eigenvalue weighted by Gasteiger charge is -2.13. The summed E-state index contributed by atoms with van der Waals surface area (Å²) in [6, 6.07) is 6.24. The fourth-order valence-electron chi connectivity index (χ4n) is 2.34. The van der Waals surface area contributed by atoms with Gasteiger partial charge in [-0.25, -0.2) is 14.1 Å². The van der Waals surface area contributed by atoms with Crippen LogP contribution in [0.5, 0.6) is 0 Å². The van der Waals surface area contributed by atoms with Gasteiger partial charge < -0.3 is 10.4 Å². The molecule has 0 spiro atoms. The van der Waals surface area contributed by atoms with Crippen LogP contribution in [0.25, 0.3) is 5.69 Å². The Labute approximate surface area is 147 Å². The number of halogens is 1. The molecule has 0 saturated carbocycles. The highest BCUT2D eigenvalue weighted by Crippen LogP contribution is 2.19. The van der Waals surface area contributed by atoms with Gasteiger partial charge in [-0.1, -0.05) is 39.8 Å². The van der Waals surface area contributed by atoms with Crippen LogP contribution in [-0.4, -0.2) is 38.4 Å². The number of carbonyl (C=O) groups excluding carboxylic acids is 1. The average molecular weight is 348 g/mol. The molecule has 0 aliphatic rings. The number of aliphatic hydroxyl groups is 1. The molecule has 7 heteroatoms. The number of benzene rings is 1. The molecule has 0 bridgehead atoms. The molecule has 2 aromatic rings. The molecule has 1 aromatic carbocycles. The smallest absolute Gasteiger partial charge is 0.290 e. The van der Waals surface area contributed by atoms with Gasteiger partial charge in [0.05, 0.1) is 6.10 Å². The molecule has 0 aliphatic carbocycles. The summed E-state index contributed by atoms with van der Waals surface area (Å²) in [5, 5.41) is 16.7. The van der Waals surface area contributed by atoms with Crippen molar-refractivity contribution in [1.29, 1.82) is 0 Å². The summed E-state index contributed by atoms with van der Waals surface area (Å²) in [7, 11) is 0. The largest absolute Gasteiger partial charge is 0.393 e. The standard InChI is InChI=1S/C18H25FN4O2/c1-11(2)15(24)9-10-20-18(25)16-21-17(12(3)4)23(22-16)14-8-6-5-7-13(14)19/h5-8,11-12,15,24H,9-10H2,1-4H3,(H,20,25). The Morgan fingerprint density at radius 2 is 1.96 bits per heavy atom. The molecule has 1 unspecified atom stereocenters. The van der Waals surface area contributed by atoms with Crippen LogP contribution < -0.4 is 5.32 Å². The lowest BCUT2D eigenvalue weighted by molar-refractivity contribution is 0.0910. The zero-order valence-corrected chi connectivity index (χ0v) is 15.0. The van der Waals surface area contributed by atoms with Crippen molar-refractivity contribution in [2.75, 3.05) is 6.54 Å². The molecule has 136 valence electrons. The van der Waals surface area contributed by atoms with Gasteiger partial charge in [0.25, 0.3) is 5.91 Å². The Balaban J connectivity index is 2.18. The Morgan fingerprint density at radius 3 is 2.56 bits per heavy atom. The van der Waals surface area contributed by atoms with Crippen molar-refractivity contribution in [3.05, 3.63) is 41.7 Å². The van der Waals surface area contributed by atoms with Crippen LogP contribution in [0.3, 0.4) is 0 Å². The van der Waals surface area contributed by atoms with Crippen molar-refractivity contribution >= 4 is 5.91 Å². The number of amides is 1. The lowest BCUT2D eigenvalue weighted by Crippen LogP contribution is -2.29. The molecule has 1 atom stereocenters. The van der Waals surface area contributed by atoms with Crippen molar-refractivity contribution < 1.29 is 14.3 Å². The van der Waals surface area contributed by atoms with E-state index in [0.717, 1.165) is 0 Å². The first-order chi connectivity index (χ1) is 11.8. The minimum Gasteiger partial charge on any atom is -0.393 e. The molecule has 0 fully saturated rings. The van der Waals surface area contributed by atoms with Gasteiger partial charge in [0.2, 0.25) is 5.82 Å². The minimum absolute atomic E-state index is 0.00834. The monoisotopic (exact) mass is 348 g/mol. The van der Waals surface area contributed by atoms with Gasteiger partial charge in [-0.15, -0.1) is 5.10 Å². The number of hydrogen-bond donors (Lipinski definition) is 2. The van der Waals surface area contributed by atoms with E-state index in [1.54, 1.807) is 18.2 Å². The molecule has 1 aromatic heterocycles. The van der Waals surface area contributed by atoms with E-state index in [1.807, 2.05) is 27.7 Å². The molecule has 2 rings (SSSR count). The second-order valence-electron chi connectivity index (χ2n) is 6.67. The zero-order valence-electron chi connectivity index (χ0n) is 15.0. The molecule has 1 amide bonds. The van der Waals surface area contributed by atoms with E-state index in [9.17, 15) is 14.3 Å². The average Bonchev–Trinajstić information content (AvgIpc) is 3.00. The first-order valence-corrected chi connectivity index (χ1v) is 8.49. The number of rotatable bonds is 7. The van der Waals surface area contributed by atoms with E-state index < -0.39 is 17.8 Å². The van der Waals surface area contributed by atoms with Crippen molar-refractivity contribution in [2.24, 2.45) is 5.92 Å². The fourth-order valence-corrected chi connectivity index (χ4v) is 2.34. The van der Waals surface area contributed by atoms with E-state index in [2.05, 4.69) is 15.4 Å². The maximum absolute atomic E-state index is 14.1. The third-order valence-electron chi connectivity index (χ3n) is 3.93. The van der Waals surface area contributed by atoms with Gasteiger partial charge in [-0.05, 0) is 24.5 Å². The summed E-state index contributed by atoms with van der Waals surface area (Å²) in [6.07, 6.45) is -0.0236. The third kappa shape index (κ3) is 4.63. The number of nitrogens with one attached hydrogen (secondary N) is 1. The molecule has 25 heavy (non-hydrogen) atoms. The molecule has 2 N–H and O–H groups in total. The molecule has 0 aliphatic heterocycles. The lowest BCUT2D eigenvalue weighted by atomic mass is 10.0. The summed E-state index contributed by atoms with van der Waals surface area (Å²) in [6.45, 7) is 7.96. The predicted molar refractivity (Wildman–Crippen MR) is 93.2 cm³/mol. The van der Waals surface area contributed by atoms with Crippen molar-refractivity contribution in [2.45, 2.75) is 46.1 Å². The molecular weight excluding hydrogens is 323 g/mol. The fraction of sp³-hybridized carbons (Fsp3) is 0.500. The quantitative estimate of drug-likeness (QED) is 0.806. The summed E-state index contributed by atoms with van der Waals surface area (Å²) in [5.41, 5.74) is 0.257. The molecule has 0 saturated heterocycles. The van der Waals surface area contributed by atoms with Crippen molar-refractivity contribution in [3.63, 3.8) is 0 Å². The van der Waals surface area contributed by atoms with Crippen LogP contribution in [-0.2, 0) is 0 Å². The summed E-state index contributed by atoms with van der Waals surface area (Å²) in [4.78, 5) is 16.5. The van der Waals surface area contributed by atoms with Gasteiger partial charge in [0.15, 0.2) is 0 Å². The topological polar surface area (TPSA) is 80.0 Å². The Kier molecular flexibility index (Phi) is 6.25. The normalized spacial score (nSPS) is 12.6. The molecule has 1 heterocycles. The SMILES string of the molecule is CC(C)c1nc(C(=O)NCCC(O)C(C)C)nn1-c1ccccc1F. The first-order valence-electron chi connectivity index (χ1n) is 8.49. The summed E-state index contributed by atoms with van der Waals surface area (Å²) in [5.74, 6) is -0.267. The number of hydrogen-bond acceptors (Lipinski definition) is 4. The Hall–Kier alpha value is -2.28. The number of para-hydroxylation sites is 1. The highest BCUT2D eigenvalue weighted by atomic mass is 19.1. The maximum atomic E-state index is 14.1. The van der Waals surface area contributed by atoms with Gasteiger partial charge in [0, 0.05) is 12.5 Å². The van der Waals surface area contributed by atoms with E-state index in [4.69, 9.17) is 0 Å². The third-order valence-corrected chi connectivity index (χ3v) is 3.93. The molecular formula is C18H25FN4O2. The van der Waals surface area contributed by atoms with Gasteiger partial charge in [0.1, 0.15) is 17.3 Å². The predicted octanol–water partition coefficient (Wildman–Crippen LogP) is 2.67. The van der Waals surface area contributed by atoms with Crippen LogP contribution in [0.1, 0.15) is 56.5 Å². The number of carbonyl (C=O) groups is 1. The first kappa shape index (κ1) is 19.1. The number of aromatic nitrogens is 3. The molecule has 0 radical (unpaired) electrons. The highest BCUT2D eigenvalue weighted by molar-refractivity contribution is 5.90. The highest BCUT2D eigenvalue weighted by Gasteiger charge is 2.21. The Bertz CT molecular complexity index is 728. The summed E-state index contributed by atoms with van der Waals surface area (Å²) >= 11 is 0. The van der Waals surface area contributed by atoms with Crippen LogP contribution in [0.4, 0.5) is 4.39 Å². The van der Waals surface area contributed by atoms with Crippen LogP contribution in [0.15, 0.2) is 24.3 Å². The second kappa shape index (κ2) is 8.20. The zero-order chi connectivity index (χ0) is 18.6. The van der Waals surface area contributed by atoms with E-state index >= 15 is 0 Å². The molecule has 6 nitrogen and oxygen atoms in total. The summed E-state index contributed by atoms with van der Waals surface area (Å²) < 4.78 is 15.5. The van der Waals surface area contributed by atoms with Crippen molar-refractivity contribution in [3.8, 4) is 5.69 Å². The maximum Gasteiger partial charge on any atom is 0.290 e.